The van der Waals surface area contributed by atoms with Gasteiger partial charge in [-0.25, -0.2) is 0 Å². The van der Waals surface area contributed by atoms with Crippen molar-refractivity contribution in [1.82, 2.24) is 5.32 Å². The lowest BCUT2D eigenvalue weighted by molar-refractivity contribution is -0.384. The molecular weight excluding hydrogens is 256 g/mol. The van der Waals surface area contributed by atoms with Crippen molar-refractivity contribution in [1.29, 1.82) is 0 Å². The highest BCUT2D eigenvalue weighted by molar-refractivity contribution is 5.43. The molecule has 0 aromatic heterocycles. The molecule has 0 amide bonds. The highest BCUT2D eigenvalue weighted by atomic mass is 16.6. The van der Waals surface area contributed by atoms with E-state index in [2.05, 4.69) is 19.2 Å². The van der Waals surface area contributed by atoms with Crippen molar-refractivity contribution < 1.29 is 9.66 Å². The van der Waals surface area contributed by atoms with Crippen molar-refractivity contribution >= 4 is 5.69 Å². The zero-order valence-electron chi connectivity index (χ0n) is 12.5. The van der Waals surface area contributed by atoms with Crippen molar-refractivity contribution in [3.8, 4) is 5.75 Å². The predicted molar refractivity (Wildman–Crippen MR) is 80.3 cm³/mol. The van der Waals surface area contributed by atoms with E-state index in [1.165, 1.54) is 6.07 Å². The number of nitrogens with zero attached hydrogens (tertiary/aromatic N) is 1. The third-order valence-electron chi connectivity index (χ3n) is 3.37. The summed E-state index contributed by atoms with van der Waals surface area (Å²) in [4.78, 5) is 10.5. The van der Waals surface area contributed by atoms with Crippen LogP contribution in [0.25, 0.3) is 0 Å². The molecule has 0 fully saturated rings. The van der Waals surface area contributed by atoms with Crippen molar-refractivity contribution in [2.45, 2.75) is 45.6 Å². The Balaban J connectivity index is 2.78. The second-order valence-electron chi connectivity index (χ2n) is 4.84. The molecule has 20 heavy (non-hydrogen) atoms. The summed E-state index contributed by atoms with van der Waals surface area (Å²) in [6.07, 6.45) is 3.98. The summed E-state index contributed by atoms with van der Waals surface area (Å²) in [7, 11) is 1.60. The van der Waals surface area contributed by atoms with Gasteiger partial charge in [0.05, 0.1) is 12.0 Å². The number of non-ortho nitro benzene ring substituents is 1. The fourth-order valence-corrected chi connectivity index (χ4v) is 2.39. The molecule has 112 valence electrons. The van der Waals surface area contributed by atoms with E-state index in [9.17, 15) is 10.1 Å². The molecule has 5 nitrogen and oxygen atoms in total. The average molecular weight is 280 g/mol. The Morgan fingerprint density at radius 1 is 1.35 bits per heavy atom. The van der Waals surface area contributed by atoms with Crippen LogP contribution >= 0.6 is 0 Å². The molecular formula is C15H24N2O3. The van der Waals surface area contributed by atoms with E-state index < -0.39 is 0 Å². The molecule has 0 radical (unpaired) electrons. The molecule has 0 saturated heterocycles. The summed E-state index contributed by atoms with van der Waals surface area (Å²) in [6.45, 7) is 5.20. The monoisotopic (exact) mass is 280 g/mol. The molecule has 0 aliphatic carbocycles. The van der Waals surface area contributed by atoms with Crippen molar-refractivity contribution in [2.24, 2.45) is 0 Å². The van der Waals surface area contributed by atoms with Gasteiger partial charge in [0.15, 0.2) is 0 Å². The van der Waals surface area contributed by atoms with E-state index >= 15 is 0 Å². The molecule has 0 spiro atoms. The highest BCUT2D eigenvalue weighted by Gasteiger charge is 2.13. The third-order valence-corrected chi connectivity index (χ3v) is 3.37. The fraction of sp³-hybridized carbons (Fsp3) is 0.600. The average Bonchev–Trinajstić information content (AvgIpc) is 2.44. The van der Waals surface area contributed by atoms with Gasteiger partial charge in [0.1, 0.15) is 5.75 Å². The lowest BCUT2D eigenvalue weighted by Gasteiger charge is -2.17. The van der Waals surface area contributed by atoms with Crippen LogP contribution in [-0.2, 0) is 6.42 Å². The van der Waals surface area contributed by atoms with Gasteiger partial charge < -0.3 is 10.1 Å². The normalized spacial score (nSPS) is 12.2. The summed E-state index contributed by atoms with van der Waals surface area (Å²) in [5.41, 5.74) is 1.02. The molecule has 0 heterocycles. The molecule has 1 rings (SSSR count). The second-order valence-corrected chi connectivity index (χ2v) is 4.84. The Morgan fingerprint density at radius 3 is 2.65 bits per heavy atom. The Morgan fingerprint density at radius 2 is 2.10 bits per heavy atom. The van der Waals surface area contributed by atoms with E-state index in [1.54, 1.807) is 19.2 Å². The first-order valence-corrected chi connectivity index (χ1v) is 7.17. The Kier molecular flexibility index (Phi) is 7.01. The van der Waals surface area contributed by atoms with Gasteiger partial charge in [-0.2, -0.15) is 0 Å². The number of nitro groups is 1. The van der Waals surface area contributed by atoms with Gasteiger partial charge in [-0.15, -0.1) is 0 Å². The number of nitro benzene ring substituents is 1. The van der Waals surface area contributed by atoms with Crippen molar-refractivity contribution in [3.63, 3.8) is 0 Å². The summed E-state index contributed by atoms with van der Waals surface area (Å²) in [5.74, 6) is 0.724. The molecule has 1 N–H and O–H groups in total. The minimum absolute atomic E-state index is 0.122. The maximum absolute atomic E-state index is 10.8. The minimum Gasteiger partial charge on any atom is -0.496 e. The van der Waals surface area contributed by atoms with Crippen LogP contribution in [0.5, 0.6) is 5.75 Å². The molecule has 1 unspecified atom stereocenters. The van der Waals surface area contributed by atoms with Crippen LogP contribution in [0.2, 0.25) is 0 Å². The molecule has 1 aromatic carbocycles. The van der Waals surface area contributed by atoms with Gasteiger partial charge >= 0.3 is 0 Å². The van der Waals surface area contributed by atoms with Crippen LogP contribution in [0.3, 0.4) is 0 Å². The minimum atomic E-state index is -0.364. The number of nitrogens with one attached hydrogen (secondary N) is 1. The van der Waals surface area contributed by atoms with E-state index in [0.29, 0.717) is 6.04 Å². The second kappa shape index (κ2) is 8.53. The molecule has 1 aromatic rings. The van der Waals surface area contributed by atoms with Crippen LogP contribution in [0.15, 0.2) is 18.2 Å². The number of ether oxygens (including phenoxy) is 1. The Labute approximate surface area is 120 Å². The van der Waals surface area contributed by atoms with Crippen molar-refractivity contribution in [2.75, 3.05) is 13.7 Å². The van der Waals surface area contributed by atoms with Crippen LogP contribution in [0, 0.1) is 10.1 Å². The van der Waals surface area contributed by atoms with Gasteiger partial charge in [0.25, 0.3) is 5.69 Å². The molecule has 0 saturated carbocycles. The molecule has 1 atom stereocenters. The third kappa shape index (κ3) is 4.81. The van der Waals surface area contributed by atoms with Crippen LogP contribution in [0.1, 0.15) is 38.7 Å². The van der Waals surface area contributed by atoms with Crippen LogP contribution < -0.4 is 10.1 Å². The van der Waals surface area contributed by atoms with E-state index in [1.807, 2.05) is 0 Å². The number of aryl methyl sites for hydroxylation is 1. The number of methoxy groups -OCH3 is 1. The van der Waals surface area contributed by atoms with Gasteiger partial charge in [0.2, 0.25) is 0 Å². The quantitative estimate of drug-likeness (QED) is 0.556. The molecule has 0 bridgehead atoms. The fourth-order valence-electron chi connectivity index (χ4n) is 2.39. The predicted octanol–water partition coefficient (Wildman–Crippen LogP) is 3.31. The molecule has 0 aliphatic heterocycles. The summed E-state index contributed by atoms with van der Waals surface area (Å²) >= 11 is 0. The van der Waals surface area contributed by atoms with Crippen molar-refractivity contribution in [3.05, 3.63) is 33.9 Å². The smallest absolute Gasteiger partial charge is 0.269 e. The zero-order chi connectivity index (χ0) is 15.0. The first-order chi connectivity index (χ1) is 9.62. The summed E-state index contributed by atoms with van der Waals surface area (Å²) < 4.78 is 5.29. The Hall–Kier alpha value is -1.62. The lowest BCUT2D eigenvalue weighted by Crippen LogP contribution is -2.29. The standard InChI is InChI=1S/C15H24N2O3/c1-4-6-13(16-5-2)8-7-12-11-14(17(18)19)9-10-15(12)20-3/h9-11,13,16H,4-8H2,1-3H3. The first-order valence-electron chi connectivity index (χ1n) is 7.17. The zero-order valence-corrected chi connectivity index (χ0v) is 12.5. The summed E-state index contributed by atoms with van der Waals surface area (Å²) in [5, 5.41) is 14.3. The summed E-state index contributed by atoms with van der Waals surface area (Å²) in [6, 6.07) is 5.23. The topological polar surface area (TPSA) is 64.4 Å². The Bertz CT molecular complexity index is 429. The van der Waals surface area contributed by atoms with E-state index in [-0.39, 0.29) is 10.6 Å². The first kappa shape index (κ1) is 16.4. The SMILES string of the molecule is CCCC(CCc1cc([N+](=O)[O-])ccc1OC)NCC. The van der Waals surface area contributed by atoms with E-state index in [0.717, 1.165) is 43.5 Å². The van der Waals surface area contributed by atoms with Gasteiger partial charge in [-0.1, -0.05) is 20.3 Å². The molecule has 0 aliphatic rings. The molecule has 5 heteroatoms. The van der Waals surface area contributed by atoms with E-state index in [4.69, 9.17) is 4.74 Å². The van der Waals surface area contributed by atoms with Crippen LogP contribution in [0.4, 0.5) is 5.69 Å². The maximum Gasteiger partial charge on any atom is 0.269 e. The number of benzene rings is 1. The van der Waals surface area contributed by atoms with Gasteiger partial charge in [0, 0.05) is 23.7 Å². The van der Waals surface area contributed by atoms with Gasteiger partial charge in [-0.3, -0.25) is 10.1 Å². The lowest BCUT2D eigenvalue weighted by atomic mass is 10.0. The highest BCUT2D eigenvalue weighted by Crippen LogP contribution is 2.25. The number of hydrogen-bond acceptors (Lipinski definition) is 4. The van der Waals surface area contributed by atoms with Gasteiger partial charge in [-0.05, 0) is 31.9 Å². The number of hydrogen-bond donors (Lipinski definition) is 1. The largest absolute Gasteiger partial charge is 0.496 e. The van der Waals surface area contributed by atoms with Crippen LogP contribution in [-0.4, -0.2) is 24.6 Å². The number of rotatable bonds is 9. The maximum atomic E-state index is 10.8.